The van der Waals surface area contributed by atoms with E-state index < -0.39 is 0 Å². The van der Waals surface area contributed by atoms with Crippen molar-refractivity contribution in [2.75, 3.05) is 39.4 Å². The van der Waals surface area contributed by atoms with E-state index in [0.29, 0.717) is 36.3 Å². The van der Waals surface area contributed by atoms with Gasteiger partial charge in [-0.05, 0) is 31.1 Å². The van der Waals surface area contributed by atoms with Crippen molar-refractivity contribution in [3.63, 3.8) is 0 Å². The Morgan fingerprint density at radius 3 is 2.35 bits per heavy atom. The van der Waals surface area contributed by atoms with Gasteiger partial charge in [-0.2, -0.15) is 0 Å². The smallest absolute Gasteiger partial charge is 0.225 e. The summed E-state index contributed by atoms with van der Waals surface area (Å²) in [5.74, 6) is 2.15. The predicted octanol–water partition coefficient (Wildman–Crippen LogP) is -0.0972. The van der Waals surface area contributed by atoms with Crippen LogP contribution in [0.5, 0.6) is 0 Å². The molecule has 0 bridgehead atoms. The fourth-order valence-corrected chi connectivity index (χ4v) is 4.19. The van der Waals surface area contributed by atoms with Gasteiger partial charge in [-0.25, -0.2) is 0 Å². The Morgan fingerprint density at radius 2 is 1.75 bits per heavy atom. The van der Waals surface area contributed by atoms with Crippen LogP contribution in [-0.2, 0) is 9.53 Å². The van der Waals surface area contributed by atoms with Gasteiger partial charge in [0.1, 0.15) is 0 Å². The summed E-state index contributed by atoms with van der Waals surface area (Å²) in [7, 11) is 0. The minimum absolute atomic E-state index is 0.196. The lowest BCUT2D eigenvalue weighted by atomic mass is 10.0. The molecule has 3 heterocycles. The van der Waals surface area contributed by atoms with E-state index in [1.54, 1.807) is 0 Å². The summed E-state index contributed by atoms with van der Waals surface area (Å²) >= 11 is 0. The maximum atomic E-state index is 12.1. The molecule has 5 nitrogen and oxygen atoms in total. The van der Waals surface area contributed by atoms with Crippen molar-refractivity contribution in [2.24, 2.45) is 23.5 Å². The van der Waals surface area contributed by atoms with Crippen LogP contribution >= 0.6 is 0 Å². The fraction of sp³-hybridized carbons (Fsp3) is 0.933. The van der Waals surface area contributed by atoms with E-state index in [1.807, 2.05) is 0 Å². The standard InChI is InChI=1S/C15H25N3O2/c16-13-3-14(9-20-8-13)17-4-11-6-18(7-12(11)5-17)15(19)10-1-2-10/h10-14H,1-9,16H2. The zero-order valence-corrected chi connectivity index (χ0v) is 12.0. The van der Waals surface area contributed by atoms with Crippen LogP contribution in [0, 0.1) is 17.8 Å². The number of rotatable bonds is 2. The van der Waals surface area contributed by atoms with Gasteiger partial charge < -0.3 is 15.4 Å². The first-order valence-corrected chi connectivity index (χ1v) is 8.07. The molecule has 20 heavy (non-hydrogen) atoms. The van der Waals surface area contributed by atoms with Crippen molar-refractivity contribution in [3.8, 4) is 0 Å². The van der Waals surface area contributed by atoms with Crippen molar-refractivity contribution < 1.29 is 9.53 Å². The van der Waals surface area contributed by atoms with E-state index in [-0.39, 0.29) is 6.04 Å². The number of likely N-dealkylation sites (tertiary alicyclic amines) is 2. The SMILES string of the molecule is NC1COCC(N2CC3CN(C(=O)C4CC4)CC3C2)C1. The van der Waals surface area contributed by atoms with E-state index in [2.05, 4.69) is 9.80 Å². The Kier molecular flexibility index (Phi) is 3.24. The molecule has 4 atom stereocenters. The highest BCUT2D eigenvalue weighted by Crippen LogP contribution is 2.37. The number of carbonyl (C=O) groups excluding carboxylic acids is 1. The van der Waals surface area contributed by atoms with Crippen LogP contribution < -0.4 is 5.73 Å². The van der Waals surface area contributed by atoms with E-state index >= 15 is 0 Å². The van der Waals surface area contributed by atoms with Gasteiger partial charge in [-0.3, -0.25) is 9.69 Å². The number of hydrogen-bond donors (Lipinski definition) is 1. The van der Waals surface area contributed by atoms with E-state index in [9.17, 15) is 4.79 Å². The Balaban J connectivity index is 1.33. The number of ether oxygens (including phenoxy) is 1. The molecule has 4 fully saturated rings. The second-order valence-corrected chi connectivity index (χ2v) is 7.18. The van der Waals surface area contributed by atoms with Gasteiger partial charge in [0.05, 0.1) is 13.2 Å². The molecule has 1 amide bonds. The Bertz CT molecular complexity index is 385. The molecule has 4 rings (SSSR count). The summed E-state index contributed by atoms with van der Waals surface area (Å²) in [5.41, 5.74) is 6.01. The van der Waals surface area contributed by atoms with Gasteiger partial charge in [-0.15, -0.1) is 0 Å². The predicted molar refractivity (Wildman–Crippen MR) is 75.1 cm³/mol. The van der Waals surface area contributed by atoms with Gasteiger partial charge in [0.15, 0.2) is 0 Å². The molecule has 3 aliphatic heterocycles. The number of fused-ring (bicyclic) bond motifs is 1. The molecule has 0 aromatic heterocycles. The molecule has 0 spiro atoms. The van der Waals surface area contributed by atoms with Crippen molar-refractivity contribution in [1.82, 2.24) is 9.80 Å². The monoisotopic (exact) mass is 279 g/mol. The number of nitrogens with zero attached hydrogens (tertiary/aromatic N) is 2. The molecule has 1 saturated carbocycles. The highest BCUT2D eigenvalue weighted by Gasteiger charge is 2.46. The van der Waals surface area contributed by atoms with Crippen LogP contribution in [0.3, 0.4) is 0 Å². The zero-order chi connectivity index (χ0) is 13.7. The number of carbonyl (C=O) groups is 1. The van der Waals surface area contributed by atoms with Crippen molar-refractivity contribution >= 4 is 5.91 Å². The van der Waals surface area contributed by atoms with Crippen molar-refractivity contribution in [1.29, 1.82) is 0 Å². The average molecular weight is 279 g/mol. The van der Waals surface area contributed by atoms with Crippen LogP contribution in [0.25, 0.3) is 0 Å². The minimum Gasteiger partial charge on any atom is -0.378 e. The molecule has 4 aliphatic rings. The number of amides is 1. The molecule has 0 aromatic rings. The third-order valence-corrected chi connectivity index (χ3v) is 5.49. The molecule has 0 radical (unpaired) electrons. The first-order chi connectivity index (χ1) is 9.70. The maximum absolute atomic E-state index is 12.1. The summed E-state index contributed by atoms with van der Waals surface area (Å²) in [6.07, 6.45) is 3.30. The number of nitrogens with two attached hydrogens (primary N) is 1. The van der Waals surface area contributed by atoms with Crippen LogP contribution in [0.4, 0.5) is 0 Å². The molecule has 3 saturated heterocycles. The lowest BCUT2D eigenvalue weighted by Crippen LogP contribution is -2.48. The summed E-state index contributed by atoms with van der Waals surface area (Å²) in [4.78, 5) is 16.8. The maximum Gasteiger partial charge on any atom is 0.225 e. The van der Waals surface area contributed by atoms with E-state index in [1.165, 1.54) is 0 Å². The first kappa shape index (κ1) is 13.0. The van der Waals surface area contributed by atoms with Crippen molar-refractivity contribution in [3.05, 3.63) is 0 Å². The summed E-state index contributed by atoms with van der Waals surface area (Å²) < 4.78 is 5.60. The highest BCUT2D eigenvalue weighted by molar-refractivity contribution is 5.81. The topological polar surface area (TPSA) is 58.8 Å². The van der Waals surface area contributed by atoms with Crippen molar-refractivity contribution in [2.45, 2.75) is 31.3 Å². The van der Waals surface area contributed by atoms with Gasteiger partial charge in [0, 0.05) is 44.2 Å². The fourth-order valence-electron chi connectivity index (χ4n) is 4.19. The first-order valence-electron chi connectivity index (χ1n) is 8.07. The molecular formula is C15H25N3O2. The summed E-state index contributed by atoms with van der Waals surface area (Å²) in [6.45, 7) is 5.75. The quantitative estimate of drug-likeness (QED) is 0.767. The second kappa shape index (κ2) is 4.97. The van der Waals surface area contributed by atoms with Crippen LogP contribution in [0.15, 0.2) is 0 Å². The zero-order valence-electron chi connectivity index (χ0n) is 12.0. The Hall–Kier alpha value is -0.650. The Morgan fingerprint density at radius 1 is 1.05 bits per heavy atom. The third-order valence-electron chi connectivity index (χ3n) is 5.49. The molecule has 2 N–H and O–H groups in total. The van der Waals surface area contributed by atoms with Gasteiger partial charge in [0.25, 0.3) is 0 Å². The third kappa shape index (κ3) is 2.36. The van der Waals surface area contributed by atoms with Gasteiger partial charge in [-0.1, -0.05) is 0 Å². The van der Waals surface area contributed by atoms with Crippen LogP contribution in [0.2, 0.25) is 0 Å². The van der Waals surface area contributed by atoms with E-state index in [4.69, 9.17) is 10.5 Å². The molecule has 5 heteroatoms. The average Bonchev–Trinajstić information content (AvgIpc) is 3.08. The molecular weight excluding hydrogens is 254 g/mol. The van der Waals surface area contributed by atoms with Crippen LogP contribution in [-0.4, -0.2) is 67.2 Å². The lowest BCUT2D eigenvalue weighted by molar-refractivity contribution is -0.131. The van der Waals surface area contributed by atoms with Crippen LogP contribution in [0.1, 0.15) is 19.3 Å². The highest BCUT2D eigenvalue weighted by atomic mass is 16.5. The number of hydrogen-bond acceptors (Lipinski definition) is 4. The van der Waals surface area contributed by atoms with E-state index in [0.717, 1.165) is 52.0 Å². The molecule has 112 valence electrons. The largest absolute Gasteiger partial charge is 0.378 e. The minimum atomic E-state index is 0.196. The second-order valence-electron chi connectivity index (χ2n) is 7.18. The lowest BCUT2D eigenvalue weighted by Gasteiger charge is -2.34. The normalized spacial score (nSPS) is 42.0. The van der Waals surface area contributed by atoms with Gasteiger partial charge in [0.2, 0.25) is 5.91 Å². The summed E-state index contributed by atoms with van der Waals surface area (Å²) in [5, 5.41) is 0. The molecule has 4 unspecified atom stereocenters. The molecule has 1 aliphatic carbocycles. The summed E-state index contributed by atoms with van der Waals surface area (Å²) in [6, 6.07) is 0.694. The van der Waals surface area contributed by atoms with Gasteiger partial charge >= 0.3 is 0 Å². The Labute approximate surface area is 120 Å². The molecule has 0 aromatic carbocycles.